The van der Waals surface area contributed by atoms with Crippen molar-refractivity contribution in [1.82, 2.24) is 19.4 Å². The van der Waals surface area contributed by atoms with Gasteiger partial charge in [-0.3, -0.25) is 0 Å². The van der Waals surface area contributed by atoms with Crippen LogP contribution in [0.4, 0.5) is 5.82 Å². The number of benzene rings is 2. The van der Waals surface area contributed by atoms with Crippen LogP contribution < -0.4 is 5.32 Å². The molecule has 0 atom stereocenters. The lowest BCUT2D eigenvalue weighted by atomic mass is 10.1. The first-order valence-corrected chi connectivity index (χ1v) is 10.0. The second-order valence-corrected chi connectivity index (χ2v) is 7.62. The molecule has 2 aromatic heterocycles. The van der Waals surface area contributed by atoms with Crippen LogP contribution in [0.5, 0.6) is 0 Å². The van der Waals surface area contributed by atoms with Gasteiger partial charge in [0.15, 0.2) is 5.65 Å². The van der Waals surface area contributed by atoms with Gasteiger partial charge in [0.25, 0.3) is 0 Å². The quantitative estimate of drug-likeness (QED) is 0.466. The number of nitrogens with zero attached hydrogens (tertiary/aromatic N) is 4. The van der Waals surface area contributed by atoms with Crippen LogP contribution in [-0.2, 0) is 0 Å². The average Bonchev–Trinajstić information content (AvgIpc) is 3.13. The van der Waals surface area contributed by atoms with E-state index in [0.717, 1.165) is 53.2 Å². The van der Waals surface area contributed by atoms with Crippen molar-refractivity contribution in [2.45, 2.75) is 13.3 Å². The fraction of sp³-hybridized carbons (Fsp3) is 0.250. The fourth-order valence-electron chi connectivity index (χ4n) is 3.54. The van der Waals surface area contributed by atoms with Crippen molar-refractivity contribution in [3.63, 3.8) is 0 Å². The summed E-state index contributed by atoms with van der Waals surface area (Å²) >= 11 is 0. The highest BCUT2D eigenvalue weighted by molar-refractivity contribution is 6.02. The third kappa shape index (κ3) is 4.15. The van der Waals surface area contributed by atoms with E-state index in [4.69, 9.17) is 0 Å². The second-order valence-electron chi connectivity index (χ2n) is 7.62. The Bertz CT molecular complexity index is 1080. The molecule has 0 bridgehead atoms. The summed E-state index contributed by atoms with van der Waals surface area (Å²) in [7, 11) is 4.19. The van der Waals surface area contributed by atoms with E-state index < -0.39 is 0 Å². The zero-order valence-electron chi connectivity index (χ0n) is 17.3. The topological polar surface area (TPSA) is 46.0 Å². The van der Waals surface area contributed by atoms with Gasteiger partial charge in [0.2, 0.25) is 0 Å². The molecule has 148 valence electrons. The van der Waals surface area contributed by atoms with Gasteiger partial charge in [0.1, 0.15) is 12.1 Å². The first-order chi connectivity index (χ1) is 14.1. The monoisotopic (exact) mass is 385 g/mol. The number of hydrogen-bond acceptors (Lipinski definition) is 4. The van der Waals surface area contributed by atoms with Crippen LogP contribution in [0.15, 0.2) is 67.1 Å². The molecule has 4 aromatic rings. The minimum Gasteiger partial charge on any atom is -0.369 e. The first-order valence-electron chi connectivity index (χ1n) is 10.0. The molecule has 0 saturated heterocycles. The third-order valence-electron chi connectivity index (χ3n) is 5.05. The molecule has 0 amide bonds. The minimum atomic E-state index is 0.869. The maximum atomic E-state index is 4.65. The van der Waals surface area contributed by atoms with Crippen LogP contribution in [0.2, 0.25) is 0 Å². The summed E-state index contributed by atoms with van der Waals surface area (Å²) < 4.78 is 2.16. The molecule has 0 aliphatic rings. The Morgan fingerprint density at radius 1 is 0.966 bits per heavy atom. The molecule has 0 unspecified atom stereocenters. The fourth-order valence-corrected chi connectivity index (χ4v) is 3.54. The van der Waals surface area contributed by atoms with Gasteiger partial charge in [-0.15, -0.1) is 0 Å². The SMILES string of the molecule is Cc1ccc(-n2cc(-c3ccccc3)c3c(NCCCN(C)C)ncnc32)cc1. The van der Waals surface area contributed by atoms with Gasteiger partial charge < -0.3 is 14.8 Å². The lowest BCUT2D eigenvalue weighted by Crippen LogP contribution is -2.16. The molecular formula is C24H27N5. The van der Waals surface area contributed by atoms with Crippen molar-refractivity contribution >= 4 is 16.9 Å². The van der Waals surface area contributed by atoms with Crippen molar-refractivity contribution in [2.75, 3.05) is 32.5 Å². The van der Waals surface area contributed by atoms with E-state index in [0.29, 0.717) is 0 Å². The molecule has 0 spiro atoms. The molecule has 2 heterocycles. The molecule has 0 aliphatic carbocycles. The van der Waals surface area contributed by atoms with Crippen LogP contribution in [0.3, 0.4) is 0 Å². The standard InChI is InChI=1S/C24H27N5/c1-18-10-12-20(13-11-18)29-16-21(19-8-5-4-6-9-19)22-23(26-17-27-24(22)29)25-14-7-15-28(2)3/h4-6,8-13,16-17H,7,14-15H2,1-3H3,(H,25,26,27). The van der Waals surface area contributed by atoms with E-state index in [1.54, 1.807) is 6.33 Å². The Morgan fingerprint density at radius 2 is 1.72 bits per heavy atom. The summed E-state index contributed by atoms with van der Waals surface area (Å²) in [4.78, 5) is 11.4. The molecule has 2 aromatic carbocycles. The molecule has 0 radical (unpaired) electrons. The highest BCUT2D eigenvalue weighted by Gasteiger charge is 2.17. The molecule has 5 nitrogen and oxygen atoms in total. The van der Waals surface area contributed by atoms with E-state index in [-0.39, 0.29) is 0 Å². The minimum absolute atomic E-state index is 0.869. The molecule has 0 fully saturated rings. The van der Waals surface area contributed by atoms with Gasteiger partial charge in [-0.25, -0.2) is 9.97 Å². The van der Waals surface area contributed by atoms with E-state index in [9.17, 15) is 0 Å². The number of fused-ring (bicyclic) bond motifs is 1. The second kappa shape index (κ2) is 8.45. The summed E-state index contributed by atoms with van der Waals surface area (Å²) in [5.41, 5.74) is 5.55. The third-order valence-corrected chi connectivity index (χ3v) is 5.05. The van der Waals surface area contributed by atoms with Crippen molar-refractivity contribution in [2.24, 2.45) is 0 Å². The van der Waals surface area contributed by atoms with Crippen molar-refractivity contribution in [1.29, 1.82) is 0 Å². The number of hydrogen-bond donors (Lipinski definition) is 1. The Morgan fingerprint density at radius 3 is 2.45 bits per heavy atom. The van der Waals surface area contributed by atoms with Crippen LogP contribution >= 0.6 is 0 Å². The van der Waals surface area contributed by atoms with E-state index >= 15 is 0 Å². The predicted molar refractivity (Wildman–Crippen MR) is 121 cm³/mol. The Kier molecular flexibility index (Phi) is 5.58. The van der Waals surface area contributed by atoms with Crippen molar-refractivity contribution < 1.29 is 0 Å². The van der Waals surface area contributed by atoms with E-state index in [1.165, 1.54) is 5.56 Å². The number of aryl methyl sites for hydroxylation is 1. The maximum absolute atomic E-state index is 4.65. The zero-order valence-corrected chi connectivity index (χ0v) is 17.3. The molecular weight excluding hydrogens is 358 g/mol. The van der Waals surface area contributed by atoms with Crippen LogP contribution in [-0.4, -0.2) is 46.6 Å². The van der Waals surface area contributed by atoms with Crippen LogP contribution in [0, 0.1) is 6.92 Å². The normalized spacial score (nSPS) is 11.3. The molecule has 5 heteroatoms. The van der Waals surface area contributed by atoms with Gasteiger partial charge in [-0.2, -0.15) is 0 Å². The Balaban J connectivity index is 1.81. The number of aromatic nitrogens is 3. The summed E-state index contributed by atoms with van der Waals surface area (Å²) in [6, 6.07) is 19.0. The van der Waals surface area contributed by atoms with Gasteiger partial charge in [0.05, 0.1) is 5.39 Å². The van der Waals surface area contributed by atoms with Gasteiger partial charge in [-0.1, -0.05) is 48.0 Å². The molecule has 0 saturated carbocycles. The summed E-state index contributed by atoms with van der Waals surface area (Å²) in [5.74, 6) is 0.887. The largest absolute Gasteiger partial charge is 0.369 e. The summed E-state index contributed by atoms with van der Waals surface area (Å²) in [6.45, 7) is 4.01. The van der Waals surface area contributed by atoms with Crippen molar-refractivity contribution in [3.05, 3.63) is 72.7 Å². The molecule has 1 N–H and O–H groups in total. The number of rotatable bonds is 7. The summed E-state index contributed by atoms with van der Waals surface area (Å²) in [5, 5.41) is 4.60. The molecule has 29 heavy (non-hydrogen) atoms. The van der Waals surface area contributed by atoms with Crippen LogP contribution in [0.25, 0.3) is 27.8 Å². The highest BCUT2D eigenvalue weighted by atomic mass is 15.1. The van der Waals surface area contributed by atoms with Gasteiger partial charge in [-0.05, 0) is 51.7 Å². The lowest BCUT2D eigenvalue weighted by Gasteiger charge is -2.11. The average molecular weight is 386 g/mol. The van der Waals surface area contributed by atoms with Gasteiger partial charge >= 0.3 is 0 Å². The Labute approximate surface area is 172 Å². The van der Waals surface area contributed by atoms with Crippen molar-refractivity contribution in [3.8, 4) is 16.8 Å². The Hall–Kier alpha value is -3.18. The number of nitrogens with one attached hydrogen (secondary N) is 1. The maximum Gasteiger partial charge on any atom is 0.150 e. The predicted octanol–water partition coefficient (Wildman–Crippen LogP) is 4.76. The summed E-state index contributed by atoms with van der Waals surface area (Å²) in [6.07, 6.45) is 4.87. The molecule has 0 aliphatic heterocycles. The smallest absolute Gasteiger partial charge is 0.150 e. The first kappa shape index (κ1) is 19.2. The van der Waals surface area contributed by atoms with Gasteiger partial charge in [0, 0.05) is 24.0 Å². The number of anilines is 1. The van der Waals surface area contributed by atoms with E-state index in [1.807, 2.05) is 6.07 Å². The van der Waals surface area contributed by atoms with Crippen LogP contribution in [0.1, 0.15) is 12.0 Å². The zero-order chi connectivity index (χ0) is 20.2. The van der Waals surface area contributed by atoms with E-state index in [2.05, 4.69) is 100 Å². The molecule has 4 rings (SSSR count). The lowest BCUT2D eigenvalue weighted by molar-refractivity contribution is 0.405. The highest BCUT2D eigenvalue weighted by Crippen LogP contribution is 2.35.